The third-order valence-corrected chi connectivity index (χ3v) is 4.98. The van der Waals surface area contributed by atoms with Crippen LogP contribution in [0.15, 0.2) is 10.4 Å². The van der Waals surface area contributed by atoms with Crippen molar-refractivity contribution >= 4 is 51.3 Å². The molecule has 0 spiro atoms. The Morgan fingerprint density at radius 3 is 2.64 bits per heavy atom. The molecule has 0 atom stereocenters. The van der Waals surface area contributed by atoms with Crippen molar-refractivity contribution in [2.75, 3.05) is 32.9 Å². The maximum absolute atomic E-state index is 11.3. The van der Waals surface area contributed by atoms with Crippen LogP contribution < -0.4 is 10.0 Å². The van der Waals surface area contributed by atoms with E-state index < -0.39 is 10.0 Å². The number of hydrogen-bond donors (Lipinski definition) is 2. The topological polar surface area (TPSA) is 86.7 Å². The molecule has 0 saturated heterocycles. The summed E-state index contributed by atoms with van der Waals surface area (Å²) in [6.07, 6.45) is 0. The van der Waals surface area contributed by atoms with Gasteiger partial charge in [-0.15, -0.1) is 35.3 Å². The van der Waals surface area contributed by atoms with E-state index >= 15 is 0 Å². The van der Waals surface area contributed by atoms with E-state index in [-0.39, 0.29) is 29.7 Å². The molecule has 0 bridgehead atoms. The Labute approximate surface area is 153 Å². The summed E-state index contributed by atoms with van der Waals surface area (Å²) in [4.78, 5) is 10.5. The second-order valence-electron chi connectivity index (χ2n) is 4.49. The normalized spacial score (nSPS) is 11.9. The van der Waals surface area contributed by atoms with Crippen LogP contribution in [0.25, 0.3) is 0 Å². The number of halogens is 1. The molecule has 1 rings (SSSR count). The van der Waals surface area contributed by atoms with E-state index in [1.807, 2.05) is 24.3 Å². The smallest absolute Gasteiger partial charge is 0.211 e. The van der Waals surface area contributed by atoms with Crippen molar-refractivity contribution in [1.29, 1.82) is 0 Å². The largest absolute Gasteiger partial charge is 0.355 e. The molecule has 0 aliphatic rings. The van der Waals surface area contributed by atoms with Crippen molar-refractivity contribution in [3.05, 3.63) is 16.1 Å². The van der Waals surface area contributed by atoms with Gasteiger partial charge in [0, 0.05) is 32.6 Å². The molecule has 2 N–H and O–H groups in total. The van der Waals surface area contributed by atoms with E-state index in [0.717, 1.165) is 10.7 Å². The van der Waals surface area contributed by atoms with Gasteiger partial charge in [0.2, 0.25) is 10.0 Å². The van der Waals surface area contributed by atoms with Gasteiger partial charge in [-0.05, 0) is 13.8 Å². The molecule has 1 aromatic rings. The zero-order valence-corrected chi connectivity index (χ0v) is 17.3. The first-order valence-corrected chi connectivity index (χ1v) is 9.21. The van der Waals surface area contributed by atoms with Crippen LogP contribution in [-0.4, -0.2) is 57.2 Å². The number of guanidine groups is 1. The predicted octanol–water partition coefficient (Wildman–Crippen LogP) is 1.02. The molecular formula is C12H24IN5O2S2. The molecule has 0 aliphatic carbocycles. The summed E-state index contributed by atoms with van der Waals surface area (Å²) in [5.74, 6) is 0.793. The third kappa shape index (κ3) is 7.70. The number of aryl methyl sites for hydroxylation is 1. The Balaban J connectivity index is 0.00000441. The highest BCUT2D eigenvalue weighted by molar-refractivity contribution is 14.0. The van der Waals surface area contributed by atoms with Crippen LogP contribution in [0.5, 0.6) is 0 Å². The fourth-order valence-corrected chi connectivity index (χ4v) is 2.89. The predicted molar refractivity (Wildman–Crippen MR) is 103 cm³/mol. The quantitative estimate of drug-likeness (QED) is 0.274. The van der Waals surface area contributed by atoms with Gasteiger partial charge < -0.3 is 10.2 Å². The molecule has 1 aromatic heterocycles. The van der Waals surface area contributed by atoms with E-state index in [0.29, 0.717) is 25.6 Å². The highest BCUT2D eigenvalue weighted by Crippen LogP contribution is 2.09. The summed E-state index contributed by atoms with van der Waals surface area (Å²) in [6, 6.07) is 0. The number of aromatic nitrogens is 1. The number of sulfonamides is 1. The first kappa shape index (κ1) is 21.5. The van der Waals surface area contributed by atoms with Crippen molar-refractivity contribution < 1.29 is 8.42 Å². The molecule has 0 amide bonds. The van der Waals surface area contributed by atoms with Crippen LogP contribution in [0.2, 0.25) is 0 Å². The third-order valence-electron chi connectivity index (χ3n) is 2.75. The zero-order chi connectivity index (χ0) is 15.9. The van der Waals surface area contributed by atoms with Crippen molar-refractivity contribution in [3.63, 3.8) is 0 Å². The van der Waals surface area contributed by atoms with Gasteiger partial charge in [-0.25, -0.2) is 18.1 Å². The van der Waals surface area contributed by atoms with E-state index in [2.05, 4.69) is 20.0 Å². The van der Waals surface area contributed by atoms with Crippen molar-refractivity contribution in [2.24, 2.45) is 4.99 Å². The number of hydrogen-bond acceptors (Lipinski definition) is 5. The summed E-state index contributed by atoms with van der Waals surface area (Å²) in [5.41, 5.74) is 0.995. The summed E-state index contributed by atoms with van der Waals surface area (Å²) in [7, 11) is 0.470. The molecule has 0 unspecified atom stereocenters. The standard InChI is InChI=1S/C12H23N5O2S2.HI/c1-5-21(18,19)15-7-6-14-12(13-3)17(4)8-11-9-20-10(2)16-11;/h9,15H,5-8H2,1-4H3,(H,13,14);1H. The van der Waals surface area contributed by atoms with E-state index in [1.165, 1.54) is 0 Å². The number of rotatable bonds is 7. The molecule has 0 saturated carbocycles. The number of thiazole rings is 1. The van der Waals surface area contributed by atoms with Gasteiger partial charge in [-0.3, -0.25) is 4.99 Å². The monoisotopic (exact) mass is 461 g/mol. The van der Waals surface area contributed by atoms with Crippen molar-refractivity contribution in [2.45, 2.75) is 20.4 Å². The summed E-state index contributed by atoms with van der Waals surface area (Å²) >= 11 is 1.62. The van der Waals surface area contributed by atoms with Gasteiger partial charge >= 0.3 is 0 Å². The highest BCUT2D eigenvalue weighted by Gasteiger charge is 2.09. The molecule has 10 heteroatoms. The molecule has 7 nitrogen and oxygen atoms in total. The van der Waals surface area contributed by atoms with E-state index in [4.69, 9.17) is 0 Å². The minimum atomic E-state index is -3.14. The fourth-order valence-electron chi connectivity index (χ4n) is 1.67. The van der Waals surface area contributed by atoms with Gasteiger partial charge in [-0.1, -0.05) is 0 Å². The molecular weight excluding hydrogens is 437 g/mol. The lowest BCUT2D eigenvalue weighted by molar-refractivity contribution is 0.471. The Hall–Kier alpha value is -0.460. The lowest BCUT2D eigenvalue weighted by Gasteiger charge is -2.21. The minimum absolute atomic E-state index is 0. The van der Waals surface area contributed by atoms with E-state index in [9.17, 15) is 8.42 Å². The maximum atomic E-state index is 11.3. The van der Waals surface area contributed by atoms with Crippen molar-refractivity contribution in [3.8, 4) is 0 Å². The molecule has 0 radical (unpaired) electrons. The summed E-state index contributed by atoms with van der Waals surface area (Å²) < 4.78 is 25.1. The Morgan fingerprint density at radius 1 is 1.45 bits per heavy atom. The molecule has 0 fully saturated rings. The van der Waals surface area contributed by atoms with Gasteiger partial charge in [-0.2, -0.15) is 0 Å². The molecule has 0 aliphatic heterocycles. The average Bonchev–Trinajstić information content (AvgIpc) is 2.84. The Bertz CT molecular complexity index is 574. The van der Waals surface area contributed by atoms with Gasteiger partial charge in [0.15, 0.2) is 5.96 Å². The Kier molecular flexibility index (Phi) is 10.1. The fraction of sp³-hybridized carbons (Fsp3) is 0.667. The molecule has 22 heavy (non-hydrogen) atoms. The second kappa shape index (κ2) is 10.3. The van der Waals surface area contributed by atoms with Gasteiger partial charge in [0.1, 0.15) is 0 Å². The van der Waals surface area contributed by atoms with Crippen LogP contribution in [0, 0.1) is 6.92 Å². The van der Waals surface area contributed by atoms with Crippen LogP contribution in [-0.2, 0) is 16.6 Å². The lowest BCUT2D eigenvalue weighted by Crippen LogP contribution is -2.42. The number of nitrogens with zero attached hydrogens (tertiary/aromatic N) is 3. The summed E-state index contributed by atoms with van der Waals surface area (Å²) in [5, 5.41) is 6.18. The second-order valence-corrected chi connectivity index (χ2v) is 7.64. The zero-order valence-electron chi connectivity index (χ0n) is 13.3. The van der Waals surface area contributed by atoms with E-state index in [1.54, 1.807) is 25.3 Å². The van der Waals surface area contributed by atoms with Crippen LogP contribution >= 0.6 is 35.3 Å². The molecule has 128 valence electrons. The van der Waals surface area contributed by atoms with Crippen molar-refractivity contribution in [1.82, 2.24) is 19.9 Å². The maximum Gasteiger partial charge on any atom is 0.211 e. The van der Waals surface area contributed by atoms with Gasteiger partial charge in [0.25, 0.3) is 0 Å². The average molecular weight is 461 g/mol. The molecule has 1 heterocycles. The first-order chi connectivity index (χ1) is 9.88. The summed E-state index contributed by atoms with van der Waals surface area (Å²) in [6.45, 7) is 5.05. The van der Waals surface area contributed by atoms with Crippen LogP contribution in [0.1, 0.15) is 17.6 Å². The van der Waals surface area contributed by atoms with Crippen LogP contribution in [0.4, 0.5) is 0 Å². The van der Waals surface area contributed by atoms with Crippen LogP contribution in [0.3, 0.4) is 0 Å². The molecule has 0 aromatic carbocycles. The number of aliphatic imine (C=N–C) groups is 1. The highest BCUT2D eigenvalue weighted by atomic mass is 127. The Morgan fingerprint density at radius 2 is 2.14 bits per heavy atom. The lowest BCUT2D eigenvalue weighted by atomic mass is 10.4. The van der Waals surface area contributed by atoms with Gasteiger partial charge in [0.05, 0.1) is 23.0 Å². The first-order valence-electron chi connectivity index (χ1n) is 6.68. The SMILES string of the molecule is CCS(=O)(=O)NCCNC(=NC)N(C)Cc1csc(C)n1.I. The number of nitrogens with one attached hydrogen (secondary N) is 2. The minimum Gasteiger partial charge on any atom is -0.355 e.